The number of piperazine rings is 1. The normalized spacial score (nSPS) is 15.5. The number of nitrogens with zero attached hydrogens (tertiary/aromatic N) is 2. The molecule has 30 heavy (non-hydrogen) atoms. The maximum absolute atomic E-state index is 13.0. The average Bonchev–Trinajstić information content (AvgIpc) is 2.73. The van der Waals surface area contributed by atoms with Crippen molar-refractivity contribution in [3.63, 3.8) is 0 Å². The van der Waals surface area contributed by atoms with Crippen LogP contribution in [0.25, 0.3) is 11.0 Å². The minimum atomic E-state index is -3.91. The summed E-state index contributed by atoms with van der Waals surface area (Å²) < 4.78 is 32.8. The summed E-state index contributed by atoms with van der Waals surface area (Å²) in [7, 11) is -3.91. The molecule has 0 saturated carbocycles. The minimum Gasteiger partial charge on any atom is -0.451 e. The first-order chi connectivity index (χ1) is 14.3. The van der Waals surface area contributed by atoms with Gasteiger partial charge in [0.2, 0.25) is 10.0 Å². The van der Waals surface area contributed by atoms with Crippen LogP contribution in [0.4, 0.5) is 0 Å². The molecule has 156 valence electrons. The van der Waals surface area contributed by atoms with Crippen molar-refractivity contribution in [3.8, 4) is 0 Å². The largest absolute Gasteiger partial charge is 0.451 e. The fraction of sp³-hybridized carbons (Fsp3) is 0.200. The van der Waals surface area contributed by atoms with Gasteiger partial charge in [-0.15, -0.1) is 0 Å². The second-order valence-electron chi connectivity index (χ2n) is 6.72. The van der Waals surface area contributed by atoms with Crippen LogP contribution in [0.5, 0.6) is 0 Å². The zero-order valence-corrected chi connectivity index (χ0v) is 17.9. The third-order valence-electron chi connectivity index (χ3n) is 4.89. The summed E-state index contributed by atoms with van der Waals surface area (Å²) >= 11 is 12.1. The molecule has 7 nitrogen and oxygen atoms in total. The summed E-state index contributed by atoms with van der Waals surface area (Å²) in [5.74, 6) is -0.546. The van der Waals surface area contributed by atoms with E-state index in [0.717, 1.165) is 6.07 Å². The van der Waals surface area contributed by atoms with Crippen molar-refractivity contribution >= 4 is 50.1 Å². The van der Waals surface area contributed by atoms with Crippen LogP contribution in [0.15, 0.2) is 62.6 Å². The van der Waals surface area contributed by atoms with E-state index in [4.69, 9.17) is 27.6 Å². The molecule has 1 aliphatic rings. The van der Waals surface area contributed by atoms with Gasteiger partial charge in [-0.25, -0.2) is 8.42 Å². The summed E-state index contributed by atoms with van der Waals surface area (Å²) in [5, 5.41) is 0.472. The van der Waals surface area contributed by atoms with Crippen molar-refractivity contribution in [2.45, 2.75) is 4.90 Å². The summed E-state index contributed by atoms with van der Waals surface area (Å²) in [6.07, 6.45) is 0. The highest BCUT2D eigenvalue weighted by Gasteiger charge is 2.33. The Bertz CT molecular complexity index is 1280. The van der Waals surface area contributed by atoms with E-state index >= 15 is 0 Å². The number of carbonyl (C=O) groups is 1. The average molecular weight is 467 g/mol. The van der Waals surface area contributed by atoms with Crippen LogP contribution >= 0.6 is 23.2 Å². The molecule has 1 amide bonds. The summed E-state index contributed by atoms with van der Waals surface area (Å²) in [6, 6.07) is 12.3. The second kappa shape index (κ2) is 8.03. The van der Waals surface area contributed by atoms with Gasteiger partial charge in [-0.3, -0.25) is 9.59 Å². The highest BCUT2D eigenvalue weighted by molar-refractivity contribution is 7.89. The zero-order valence-electron chi connectivity index (χ0n) is 15.5. The predicted octanol–water partition coefficient (Wildman–Crippen LogP) is 3.25. The Hall–Kier alpha value is -2.39. The van der Waals surface area contributed by atoms with E-state index in [0.29, 0.717) is 11.0 Å². The lowest BCUT2D eigenvalue weighted by Crippen LogP contribution is -2.50. The first kappa shape index (κ1) is 20.9. The molecule has 1 aromatic heterocycles. The molecule has 0 atom stereocenters. The van der Waals surface area contributed by atoms with Gasteiger partial charge in [-0.05, 0) is 24.3 Å². The smallest absolute Gasteiger partial charge is 0.289 e. The van der Waals surface area contributed by atoms with E-state index in [1.54, 1.807) is 30.3 Å². The standard InChI is InChI=1S/C20H16Cl2N2O5S/c21-14-5-3-6-15(22)19(14)30(27,28)24-10-8-23(9-11-24)20(26)18-12-16(25)13-4-1-2-7-17(13)29-18/h1-7,12H,8-11H2. The Morgan fingerprint density at radius 2 is 1.57 bits per heavy atom. The van der Waals surface area contributed by atoms with Crippen LogP contribution in [-0.2, 0) is 10.0 Å². The van der Waals surface area contributed by atoms with Gasteiger partial charge in [0, 0.05) is 32.2 Å². The van der Waals surface area contributed by atoms with Gasteiger partial charge in [0.1, 0.15) is 10.5 Å². The molecule has 1 fully saturated rings. The number of fused-ring (bicyclic) bond motifs is 1. The molecule has 0 bridgehead atoms. The molecule has 10 heteroatoms. The van der Waals surface area contributed by atoms with Gasteiger partial charge < -0.3 is 9.32 Å². The van der Waals surface area contributed by atoms with Gasteiger partial charge in [0.25, 0.3) is 5.91 Å². The van der Waals surface area contributed by atoms with Crippen molar-refractivity contribution in [3.05, 3.63) is 74.6 Å². The lowest BCUT2D eigenvalue weighted by molar-refractivity contribution is 0.0666. The van der Waals surface area contributed by atoms with E-state index in [2.05, 4.69) is 0 Å². The van der Waals surface area contributed by atoms with Gasteiger partial charge in [0.05, 0.1) is 15.4 Å². The SMILES string of the molecule is O=C(c1cc(=O)c2ccccc2o1)N1CCN(S(=O)(=O)c2c(Cl)cccc2Cl)CC1. The second-order valence-corrected chi connectivity index (χ2v) is 9.41. The number of halogens is 2. The number of hydrogen-bond donors (Lipinski definition) is 0. The summed E-state index contributed by atoms with van der Waals surface area (Å²) in [4.78, 5) is 26.4. The third-order valence-corrected chi connectivity index (χ3v) is 7.74. The Morgan fingerprint density at radius 3 is 2.23 bits per heavy atom. The molecule has 0 spiro atoms. The van der Waals surface area contributed by atoms with E-state index in [9.17, 15) is 18.0 Å². The van der Waals surface area contributed by atoms with Crippen LogP contribution in [0.2, 0.25) is 10.0 Å². The van der Waals surface area contributed by atoms with E-state index in [1.165, 1.54) is 21.3 Å². The number of sulfonamides is 1. The number of para-hydroxylation sites is 1. The molecule has 1 saturated heterocycles. The Morgan fingerprint density at radius 1 is 0.933 bits per heavy atom. The maximum atomic E-state index is 13.0. The lowest BCUT2D eigenvalue weighted by Gasteiger charge is -2.34. The molecular weight excluding hydrogens is 451 g/mol. The van der Waals surface area contributed by atoms with Crippen LogP contribution in [-0.4, -0.2) is 49.7 Å². The molecule has 3 aromatic rings. The Kier molecular flexibility index (Phi) is 5.59. The van der Waals surface area contributed by atoms with Crippen LogP contribution in [0, 0.1) is 0 Å². The number of benzene rings is 2. The first-order valence-electron chi connectivity index (χ1n) is 9.05. The molecule has 0 unspecified atom stereocenters. The van der Waals surface area contributed by atoms with E-state index in [1.807, 2.05) is 0 Å². The maximum Gasteiger partial charge on any atom is 0.289 e. The van der Waals surface area contributed by atoms with Gasteiger partial charge >= 0.3 is 0 Å². The van der Waals surface area contributed by atoms with Crippen LogP contribution < -0.4 is 5.43 Å². The quantitative estimate of drug-likeness (QED) is 0.590. The molecule has 1 aliphatic heterocycles. The minimum absolute atomic E-state index is 0.0407. The Labute approximate surface area is 182 Å². The van der Waals surface area contributed by atoms with E-state index < -0.39 is 15.9 Å². The lowest BCUT2D eigenvalue weighted by atomic mass is 10.2. The third kappa shape index (κ3) is 3.72. The highest BCUT2D eigenvalue weighted by atomic mass is 35.5. The highest BCUT2D eigenvalue weighted by Crippen LogP contribution is 2.32. The van der Waals surface area contributed by atoms with Gasteiger partial charge in [0.15, 0.2) is 11.2 Å². The molecule has 0 radical (unpaired) electrons. The van der Waals surface area contributed by atoms with Crippen LogP contribution in [0.1, 0.15) is 10.6 Å². The monoisotopic (exact) mass is 466 g/mol. The van der Waals surface area contributed by atoms with Crippen molar-refractivity contribution in [1.29, 1.82) is 0 Å². The van der Waals surface area contributed by atoms with Crippen molar-refractivity contribution in [1.82, 2.24) is 9.21 Å². The van der Waals surface area contributed by atoms with Gasteiger partial charge in [-0.2, -0.15) is 4.31 Å². The topological polar surface area (TPSA) is 87.9 Å². The molecular formula is C20H16Cl2N2O5S. The number of rotatable bonds is 3. The molecule has 4 rings (SSSR count). The zero-order chi connectivity index (χ0) is 21.5. The fourth-order valence-corrected chi connectivity index (χ4v) is 5.87. The van der Waals surface area contributed by atoms with Crippen LogP contribution in [0.3, 0.4) is 0 Å². The molecule has 0 aliphatic carbocycles. The van der Waals surface area contributed by atoms with Gasteiger partial charge in [-0.1, -0.05) is 41.4 Å². The molecule has 0 N–H and O–H groups in total. The fourth-order valence-electron chi connectivity index (χ4n) is 3.35. The molecule has 2 heterocycles. The number of amides is 1. The van der Waals surface area contributed by atoms with Crippen molar-refractivity contribution in [2.24, 2.45) is 0 Å². The summed E-state index contributed by atoms with van der Waals surface area (Å²) in [6.45, 7) is 0.397. The predicted molar refractivity (Wildman–Crippen MR) is 114 cm³/mol. The van der Waals surface area contributed by atoms with Crippen molar-refractivity contribution in [2.75, 3.05) is 26.2 Å². The summed E-state index contributed by atoms with van der Waals surface area (Å²) in [5.41, 5.74) is 0.0118. The Balaban J connectivity index is 1.54. The van der Waals surface area contributed by atoms with E-state index in [-0.39, 0.29) is 52.3 Å². The molecule has 2 aromatic carbocycles. The number of hydrogen-bond acceptors (Lipinski definition) is 5. The number of carbonyl (C=O) groups excluding carboxylic acids is 1. The van der Waals surface area contributed by atoms with Crippen molar-refractivity contribution < 1.29 is 17.6 Å². The first-order valence-corrected chi connectivity index (χ1v) is 11.2.